The number of pyridine rings is 2. The number of fused-ring (bicyclic) bond motifs is 1. The van der Waals surface area contributed by atoms with Crippen molar-refractivity contribution in [3.63, 3.8) is 0 Å². The molecule has 1 aliphatic carbocycles. The van der Waals surface area contributed by atoms with Crippen LogP contribution in [0.5, 0.6) is 0 Å². The molecule has 2 aromatic rings. The van der Waals surface area contributed by atoms with Gasteiger partial charge < -0.3 is 20.8 Å². The number of aryl methyl sites for hydroxylation is 1. The number of nitrogens with zero attached hydrogens (tertiary/aromatic N) is 2. The number of carbonyl (C=O) groups is 1. The number of anilines is 1. The summed E-state index contributed by atoms with van der Waals surface area (Å²) in [5, 5.41) is 18.6. The fourth-order valence-corrected chi connectivity index (χ4v) is 4.65. The first-order valence-corrected chi connectivity index (χ1v) is 10.1. The molecular formula is C21H28Cl2FN3O4. The Hall–Kier alpha value is -1.87. The van der Waals surface area contributed by atoms with Gasteiger partial charge in [-0.05, 0) is 61.6 Å². The molecule has 4 rings (SSSR count). The van der Waals surface area contributed by atoms with E-state index in [4.69, 9.17) is 5.73 Å². The maximum atomic E-state index is 15.2. The Kier molecular flexibility index (Phi) is 7.97. The van der Waals surface area contributed by atoms with Crippen LogP contribution in [0.4, 0.5) is 10.1 Å². The van der Waals surface area contributed by atoms with E-state index in [0.717, 1.165) is 35.4 Å². The van der Waals surface area contributed by atoms with Crippen LogP contribution >= 0.6 is 24.8 Å². The largest absolute Gasteiger partial charge is 0.477 e. The summed E-state index contributed by atoms with van der Waals surface area (Å²) in [6, 6.07) is 1.29. The summed E-state index contributed by atoms with van der Waals surface area (Å²) in [5.74, 6) is -1.47. The topological polar surface area (TPSA) is 108 Å². The first-order valence-electron chi connectivity index (χ1n) is 10.1. The van der Waals surface area contributed by atoms with Crippen LogP contribution in [-0.2, 0) is 0 Å². The quantitative estimate of drug-likeness (QED) is 0.613. The highest BCUT2D eigenvalue weighted by molar-refractivity contribution is 5.89. The number of aromatic carboxylic acids is 1. The van der Waals surface area contributed by atoms with Gasteiger partial charge in [-0.2, -0.15) is 0 Å². The molecule has 10 heteroatoms. The normalized spacial score (nSPS) is 20.8. The van der Waals surface area contributed by atoms with E-state index in [1.165, 1.54) is 6.07 Å². The van der Waals surface area contributed by atoms with Crippen molar-refractivity contribution in [2.45, 2.75) is 44.6 Å². The third-order valence-corrected chi connectivity index (χ3v) is 6.31. The molecular weight excluding hydrogens is 448 g/mol. The molecule has 2 atom stereocenters. The molecule has 1 saturated heterocycles. The zero-order valence-electron chi connectivity index (χ0n) is 17.2. The number of piperidine rings is 1. The summed E-state index contributed by atoms with van der Waals surface area (Å²) >= 11 is 0. The first kappa shape index (κ1) is 25.4. The number of aromatic nitrogens is 1. The monoisotopic (exact) mass is 475 g/mol. The van der Waals surface area contributed by atoms with E-state index in [9.17, 15) is 19.8 Å². The maximum absolute atomic E-state index is 15.2. The molecule has 172 valence electrons. The third kappa shape index (κ3) is 4.53. The van der Waals surface area contributed by atoms with Crippen LogP contribution < -0.4 is 16.2 Å². The third-order valence-electron chi connectivity index (χ3n) is 6.31. The van der Waals surface area contributed by atoms with Crippen LogP contribution in [0.25, 0.3) is 5.52 Å². The van der Waals surface area contributed by atoms with Gasteiger partial charge in [0.25, 0.3) is 5.56 Å². The number of rotatable bonds is 5. The van der Waals surface area contributed by atoms with Crippen LogP contribution in [0.2, 0.25) is 0 Å². The molecule has 31 heavy (non-hydrogen) atoms. The number of halogens is 3. The Bertz CT molecular complexity index is 1040. The number of carboxylic acids is 1. The molecule has 0 aromatic carbocycles. The van der Waals surface area contributed by atoms with Gasteiger partial charge in [-0.1, -0.05) is 0 Å². The number of carboxylic acid groups (broad SMARTS) is 1. The summed E-state index contributed by atoms with van der Waals surface area (Å²) in [7, 11) is 0. The van der Waals surface area contributed by atoms with Gasteiger partial charge in [0.1, 0.15) is 5.56 Å². The molecule has 0 amide bonds. The molecule has 0 radical (unpaired) electrons. The van der Waals surface area contributed by atoms with Crippen LogP contribution in [0.1, 0.15) is 53.1 Å². The maximum Gasteiger partial charge on any atom is 0.341 e. The number of nitrogens with two attached hydrogens (primary N) is 1. The second-order valence-corrected chi connectivity index (χ2v) is 8.24. The van der Waals surface area contributed by atoms with Crippen molar-refractivity contribution >= 4 is 42.0 Å². The lowest BCUT2D eigenvalue weighted by Gasteiger charge is -2.39. The molecule has 3 heterocycles. The summed E-state index contributed by atoms with van der Waals surface area (Å²) in [4.78, 5) is 26.1. The molecule has 7 nitrogen and oxygen atoms in total. The number of hydrogen-bond acceptors (Lipinski definition) is 5. The Morgan fingerprint density at radius 1 is 1.29 bits per heavy atom. The van der Waals surface area contributed by atoms with Gasteiger partial charge >= 0.3 is 5.97 Å². The molecule has 1 aliphatic heterocycles. The Balaban J connectivity index is 0.00000171. The number of aliphatic hydroxyl groups excluding tert-OH is 1. The Morgan fingerprint density at radius 3 is 2.52 bits per heavy atom. The van der Waals surface area contributed by atoms with Crippen LogP contribution in [0.3, 0.4) is 0 Å². The van der Waals surface area contributed by atoms with Crippen molar-refractivity contribution in [2.24, 2.45) is 11.7 Å². The molecule has 2 fully saturated rings. The minimum atomic E-state index is -1.30. The minimum Gasteiger partial charge on any atom is -0.477 e. The van der Waals surface area contributed by atoms with Crippen molar-refractivity contribution < 1.29 is 19.4 Å². The smallest absolute Gasteiger partial charge is 0.341 e. The summed E-state index contributed by atoms with van der Waals surface area (Å²) in [6.45, 7) is 2.95. The fourth-order valence-electron chi connectivity index (χ4n) is 4.65. The van der Waals surface area contributed by atoms with Crippen molar-refractivity contribution in [1.29, 1.82) is 0 Å². The molecule has 1 saturated carbocycles. The van der Waals surface area contributed by atoms with E-state index in [1.807, 2.05) is 4.90 Å². The fraction of sp³-hybridized carbons (Fsp3) is 0.524. The van der Waals surface area contributed by atoms with Crippen LogP contribution in [-0.4, -0.2) is 46.3 Å². The standard InChI is InChI=1S/C21H26FN3O4.2ClH/c1-11-18-14(12-2-3-12)8-15(21(28)29)20(27)25(18)9-16(22)19(11)24-6-4-13(5-7-26)17(23)10-24;;/h8-9,12-13,17,26H,2-7,10,23H2,1H3,(H,28,29);2*1H/t13-,17+;;/m0../s1. The van der Waals surface area contributed by atoms with Gasteiger partial charge in [0, 0.05) is 25.7 Å². The highest BCUT2D eigenvalue weighted by Crippen LogP contribution is 2.44. The van der Waals surface area contributed by atoms with Crippen molar-refractivity contribution in [1.82, 2.24) is 4.40 Å². The summed E-state index contributed by atoms with van der Waals surface area (Å²) < 4.78 is 16.3. The van der Waals surface area contributed by atoms with E-state index < -0.39 is 17.3 Å². The average Bonchev–Trinajstić information content (AvgIpc) is 3.49. The second-order valence-electron chi connectivity index (χ2n) is 8.24. The predicted octanol–water partition coefficient (Wildman–Crippen LogP) is 2.70. The first-order chi connectivity index (χ1) is 13.8. The van der Waals surface area contributed by atoms with Crippen molar-refractivity contribution in [3.8, 4) is 0 Å². The molecule has 2 aliphatic rings. The molecule has 2 aromatic heterocycles. The van der Waals surface area contributed by atoms with E-state index in [0.29, 0.717) is 36.3 Å². The van der Waals surface area contributed by atoms with Crippen molar-refractivity contribution in [2.75, 3.05) is 24.6 Å². The van der Waals surface area contributed by atoms with E-state index in [-0.39, 0.29) is 54.9 Å². The minimum absolute atomic E-state index is 0. The van der Waals surface area contributed by atoms with Gasteiger partial charge in [0.15, 0.2) is 5.82 Å². The Labute approximate surface area is 191 Å². The highest BCUT2D eigenvalue weighted by atomic mass is 35.5. The lowest BCUT2D eigenvalue weighted by Crippen LogP contribution is -2.49. The van der Waals surface area contributed by atoms with Gasteiger partial charge in [0.05, 0.1) is 17.4 Å². The van der Waals surface area contributed by atoms with Crippen LogP contribution in [0, 0.1) is 18.7 Å². The summed E-state index contributed by atoms with van der Waals surface area (Å²) in [6.07, 6.45) is 4.36. The predicted molar refractivity (Wildman–Crippen MR) is 122 cm³/mol. The highest BCUT2D eigenvalue weighted by Gasteiger charge is 2.32. The van der Waals surface area contributed by atoms with E-state index in [1.54, 1.807) is 6.92 Å². The van der Waals surface area contributed by atoms with Gasteiger partial charge in [-0.15, -0.1) is 24.8 Å². The molecule has 0 bridgehead atoms. The lowest BCUT2D eigenvalue weighted by molar-refractivity contribution is 0.0694. The van der Waals surface area contributed by atoms with Gasteiger partial charge in [-0.3, -0.25) is 9.20 Å². The van der Waals surface area contributed by atoms with Gasteiger partial charge in [0.2, 0.25) is 0 Å². The Morgan fingerprint density at radius 2 is 1.97 bits per heavy atom. The van der Waals surface area contributed by atoms with Gasteiger partial charge in [-0.25, -0.2) is 9.18 Å². The molecule has 0 unspecified atom stereocenters. The second kappa shape index (κ2) is 9.73. The zero-order chi connectivity index (χ0) is 20.9. The van der Waals surface area contributed by atoms with E-state index in [2.05, 4.69) is 0 Å². The number of aliphatic hydroxyl groups is 1. The van der Waals surface area contributed by atoms with Crippen LogP contribution in [0.15, 0.2) is 17.1 Å². The average molecular weight is 476 g/mol. The number of hydrogen-bond donors (Lipinski definition) is 3. The SMILES string of the molecule is Cc1c(N2CC[C@@H](CCO)[C@H](N)C2)c(F)cn2c(=O)c(C(=O)O)cc(C3CC3)c12.Cl.Cl. The molecule has 0 spiro atoms. The molecule has 4 N–H and O–H groups in total. The lowest BCUT2D eigenvalue weighted by atomic mass is 9.89. The zero-order valence-corrected chi connectivity index (χ0v) is 18.8. The van der Waals surface area contributed by atoms with Crippen molar-refractivity contribution in [3.05, 3.63) is 45.1 Å². The van der Waals surface area contributed by atoms with E-state index >= 15 is 4.39 Å². The summed E-state index contributed by atoms with van der Waals surface area (Å²) in [5.41, 5.74) is 7.68.